The van der Waals surface area contributed by atoms with Gasteiger partial charge in [0.25, 0.3) is 0 Å². The molecular formula is C11H17N3O12P2. The van der Waals surface area contributed by atoms with Crippen LogP contribution >= 0.6 is 15.6 Å². The SMILES string of the molecule is CC(=O)OP(=O)(O)OP(=O)(O)OC[C@H]1O[C@@H](n2ccc(N)nc2=O)[C@@H](O)C1O. The Morgan fingerprint density at radius 2 is 1.96 bits per heavy atom. The molecule has 0 saturated carbocycles. The number of carbonyl (C=O) groups excluding carboxylic acids is 1. The summed E-state index contributed by atoms with van der Waals surface area (Å²) in [4.78, 5) is 44.5. The molecule has 0 bridgehead atoms. The Hall–Kier alpha value is -1.67. The molecule has 0 spiro atoms. The first-order valence-electron chi connectivity index (χ1n) is 7.39. The molecule has 0 amide bonds. The van der Waals surface area contributed by atoms with Gasteiger partial charge in [-0.2, -0.15) is 9.29 Å². The number of nitrogen functional groups attached to an aromatic ring is 1. The lowest BCUT2D eigenvalue weighted by Crippen LogP contribution is -2.36. The molecule has 1 aliphatic rings. The molecule has 1 saturated heterocycles. The van der Waals surface area contributed by atoms with E-state index in [4.69, 9.17) is 15.4 Å². The largest absolute Gasteiger partial charge is 0.538 e. The van der Waals surface area contributed by atoms with Crippen LogP contribution in [0.25, 0.3) is 0 Å². The van der Waals surface area contributed by atoms with E-state index in [2.05, 4.69) is 18.3 Å². The van der Waals surface area contributed by atoms with Gasteiger partial charge in [0, 0.05) is 13.1 Å². The van der Waals surface area contributed by atoms with Crippen LogP contribution in [0.4, 0.5) is 5.82 Å². The quantitative estimate of drug-likeness (QED) is 0.293. The normalized spacial score (nSPS) is 29.0. The van der Waals surface area contributed by atoms with Crippen LogP contribution in [-0.4, -0.2) is 60.4 Å². The van der Waals surface area contributed by atoms with Crippen molar-refractivity contribution in [3.63, 3.8) is 0 Å². The van der Waals surface area contributed by atoms with E-state index >= 15 is 0 Å². The number of aromatic nitrogens is 2. The molecule has 1 aliphatic heterocycles. The van der Waals surface area contributed by atoms with Gasteiger partial charge in [0.05, 0.1) is 6.61 Å². The summed E-state index contributed by atoms with van der Waals surface area (Å²) in [5, 5.41) is 20.0. The maximum Gasteiger partial charge on any atom is 0.538 e. The second kappa shape index (κ2) is 8.37. The predicted octanol–water partition coefficient (Wildman–Crippen LogP) is -1.76. The Labute approximate surface area is 156 Å². The van der Waals surface area contributed by atoms with Crippen molar-refractivity contribution in [3.05, 3.63) is 22.7 Å². The van der Waals surface area contributed by atoms with Crippen LogP contribution in [0, 0.1) is 0 Å². The first-order valence-corrected chi connectivity index (χ1v) is 10.4. The van der Waals surface area contributed by atoms with E-state index in [0.717, 1.165) is 17.7 Å². The third-order valence-corrected chi connectivity index (χ3v) is 5.93. The molecule has 28 heavy (non-hydrogen) atoms. The number of rotatable bonds is 7. The Morgan fingerprint density at radius 1 is 1.32 bits per heavy atom. The summed E-state index contributed by atoms with van der Waals surface area (Å²) < 4.78 is 41.3. The lowest BCUT2D eigenvalue weighted by atomic mass is 10.1. The number of hydrogen-bond donors (Lipinski definition) is 5. The van der Waals surface area contributed by atoms with Crippen molar-refractivity contribution in [2.24, 2.45) is 0 Å². The van der Waals surface area contributed by atoms with Crippen molar-refractivity contribution in [1.29, 1.82) is 0 Å². The van der Waals surface area contributed by atoms with Crippen LogP contribution in [0.2, 0.25) is 0 Å². The van der Waals surface area contributed by atoms with E-state index in [9.17, 15) is 33.8 Å². The van der Waals surface area contributed by atoms with Crippen molar-refractivity contribution < 1.29 is 52.0 Å². The molecule has 0 aromatic carbocycles. The number of nitrogens with two attached hydrogens (primary N) is 1. The first kappa shape index (κ1) is 22.6. The Kier molecular flexibility index (Phi) is 6.76. The number of phosphoric acid groups is 2. The molecule has 17 heteroatoms. The summed E-state index contributed by atoms with van der Waals surface area (Å²) in [5.74, 6) is -1.34. The maximum absolute atomic E-state index is 11.8. The molecule has 1 aromatic rings. The van der Waals surface area contributed by atoms with Crippen molar-refractivity contribution in [3.8, 4) is 0 Å². The zero-order chi connectivity index (χ0) is 21.3. The minimum atomic E-state index is -5.24. The molecule has 0 aliphatic carbocycles. The van der Waals surface area contributed by atoms with Crippen molar-refractivity contribution in [2.75, 3.05) is 12.3 Å². The fraction of sp³-hybridized carbons (Fsp3) is 0.545. The molecular weight excluding hydrogens is 428 g/mol. The Balaban J connectivity index is 2.04. The van der Waals surface area contributed by atoms with Crippen LogP contribution in [0.1, 0.15) is 13.2 Å². The van der Waals surface area contributed by atoms with E-state index < -0.39 is 58.5 Å². The number of carbonyl (C=O) groups is 1. The third kappa shape index (κ3) is 5.67. The standard InChI is InChI=1S/C11H17N3O12P2/c1-5(15)25-28(21,22)26-27(19,20)23-4-6-8(16)9(17)10(24-6)14-3-2-7(12)13-11(14)18/h2-3,6,8-10,16-17H,4H2,1H3,(H,19,20)(H,21,22)(H2,12,13,18)/t6-,8?,9+,10-/m1/s1. The van der Waals surface area contributed by atoms with E-state index in [1.165, 1.54) is 6.07 Å². The van der Waals surface area contributed by atoms with Gasteiger partial charge < -0.3 is 30.1 Å². The highest BCUT2D eigenvalue weighted by Crippen LogP contribution is 2.60. The maximum atomic E-state index is 11.8. The minimum Gasteiger partial charge on any atom is -0.387 e. The zero-order valence-electron chi connectivity index (χ0n) is 14.1. The average molecular weight is 445 g/mol. The summed E-state index contributed by atoms with van der Waals surface area (Å²) in [6, 6.07) is 1.23. The van der Waals surface area contributed by atoms with Gasteiger partial charge in [-0.15, -0.1) is 0 Å². The Morgan fingerprint density at radius 3 is 2.54 bits per heavy atom. The number of hydrogen-bond acceptors (Lipinski definition) is 12. The van der Waals surface area contributed by atoms with Crippen LogP contribution in [0.15, 0.2) is 17.1 Å². The summed E-state index contributed by atoms with van der Waals surface area (Å²) in [6.07, 6.45) is -5.05. The van der Waals surface area contributed by atoms with Crippen molar-refractivity contribution in [1.82, 2.24) is 9.55 Å². The van der Waals surface area contributed by atoms with Crippen molar-refractivity contribution in [2.45, 2.75) is 31.5 Å². The highest BCUT2D eigenvalue weighted by molar-refractivity contribution is 7.61. The number of aliphatic hydroxyl groups excluding tert-OH is 2. The van der Waals surface area contributed by atoms with Gasteiger partial charge in [-0.05, 0) is 6.07 Å². The zero-order valence-corrected chi connectivity index (χ0v) is 15.9. The van der Waals surface area contributed by atoms with Crippen LogP contribution < -0.4 is 11.4 Å². The number of ether oxygens (including phenoxy) is 1. The minimum absolute atomic E-state index is 0.0891. The van der Waals surface area contributed by atoms with Gasteiger partial charge in [0.1, 0.15) is 24.1 Å². The summed E-state index contributed by atoms with van der Waals surface area (Å²) in [6.45, 7) is -0.145. The molecule has 15 nitrogen and oxygen atoms in total. The molecule has 3 unspecified atom stereocenters. The smallest absolute Gasteiger partial charge is 0.387 e. The molecule has 1 aromatic heterocycles. The second-order valence-corrected chi connectivity index (χ2v) is 8.45. The fourth-order valence-electron chi connectivity index (χ4n) is 2.22. The molecule has 0 radical (unpaired) electrons. The highest BCUT2D eigenvalue weighted by atomic mass is 31.3. The third-order valence-electron chi connectivity index (χ3n) is 3.32. The number of anilines is 1. The predicted molar refractivity (Wildman–Crippen MR) is 87.3 cm³/mol. The lowest BCUT2D eigenvalue weighted by Gasteiger charge is -2.18. The summed E-state index contributed by atoms with van der Waals surface area (Å²) >= 11 is 0. The summed E-state index contributed by atoms with van der Waals surface area (Å²) in [5.41, 5.74) is 4.45. The average Bonchev–Trinajstić information content (AvgIpc) is 2.79. The van der Waals surface area contributed by atoms with Crippen LogP contribution in [0.5, 0.6) is 0 Å². The van der Waals surface area contributed by atoms with Crippen LogP contribution in [0.3, 0.4) is 0 Å². The van der Waals surface area contributed by atoms with Gasteiger partial charge in [0.15, 0.2) is 6.23 Å². The van der Waals surface area contributed by atoms with Gasteiger partial charge in [-0.3, -0.25) is 18.8 Å². The number of aliphatic hydroxyl groups is 2. The molecule has 2 rings (SSSR count). The van der Waals surface area contributed by atoms with E-state index in [-0.39, 0.29) is 5.82 Å². The van der Waals surface area contributed by atoms with Gasteiger partial charge in [0.2, 0.25) is 0 Å². The number of nitrogens with zero attached hydrogens (tertiary/aromatic N) is 2. The van der Waals surface area contributed by atoms with Gasteiger partial charge in [-0.25, -0.2) is 13.9 Å². The van der Waals surface area contributed by atoms with Crippen LogP contribution in [-0.2, 0) is 32.0 Å². The molecule has 158 valence electrons. The van der Waals surface area contributed by atoms with Crippen molar-refractivity contribution >= 4 is 27.4 Å². The molecule has 2 heterocycles. The monoisotopic (exact) mass is 445 g/mol. The van der Waals surface area contributed by atoms with Gasteiger partial charge in [-0.1, -0.05) is 0 Å². The Bertz CT molecular complexity index is 890. The first-order chi connectivity index (χ1) is 12.8. The van der Waals surface area contributed by atoms with E-state index in [0.29, 0.717) is 0 Å². The highest BCUT2D eigenvalue weighted by Gasteiger charge is 2.46. The molecule has 6 N–H and O–H groups in total. The van der Waals surface area contributed by atoms with Gasteiger partial charge >= 0.3 is 27.3 Å². The van der Waals surface area contributed by atoms with E-state index in [1.807, 2.05) is 0 Å². The lowest BCUT2D eigenvalue weighted by molar-refractivity contribution is -0.133. The topological polar surface area (TPSA) is 230 Å². The molecule has 1 fully saturated rings. The summed E-state index contributed by atoms with van der Waals surface area (Å²) in [7, 11) is -10.5. The fourth-order valence-corrected chi connectivity index (χ4v) is 4.24. The second-order valence-electron chi connectivity index (χ2n) is 5.49. The van der Waals surface area contributed by atoms with E-state index in [1.54, 1.807) is 0 Å². The molecule has 6 atom stereocenters. The number of phosphoric ester groups is 2.